The van der Waals surface area contributed by atoms with E-state index in [1.165, 1.54) is 11.8 Å². The number of aliphatic imine (C=N–C) groups is 1. The van der Waals surface area contributed by atoms with Gasteiger partial charge in [-0.3, -0.25) is 9.80 Å². The molecule has 56 valence electrons. The maximum Gasteiger partial charge on any atom is 0.307 e. The zero-order chi connectivity index (χ0) is 7.56. The number of hydrogen-bond acceptors (Lipinski definition) is 4. The Bertz CT molecular complexity index is 180. The van der Waals surface area contributed by atoms with Crippen LogP contribution in [0.15, 0.2) is 4.99 Å². The van der Waals surface area contributed by atoms with E-state index in [2.05, 4.69) is 10.4 Å². The second-order valence-corrected chi connectivity index (χ2v) is 2.79. The monoisotopic (exact) mass is 159 g/mol. The van der Waals surface area contributed by atoms with Crippen LogP contribution in [0.25, 0.3) is 0 Å². The SMILES string of the molecule is CNN(C)C1=NC(=O)SC1. The molecular weight excluding hydrogens is 150 g/mol. The van der Waals surface area contributed by atoms with E-state index >= 15 is 0 Å². The maximum atomic E-state index is 10.6. The lowest BCUT2D eigenvalue weighted by molar-refractivity contribution is 0.267. The summed E-state index contributed by atoms with van der Waals surface area (Å²) in [6, 6.07) is 0. The fourth-order valence-corrected chi connectivity index (χ4v) is 1.28. The third-order valence-corrected chi connectivity index (χ3v) is 2.01. The summed E-state index contributed by atoms with van der Waals surface area (Å²) in [5.74, 6) is 1.47. The molecule has 1 N–H and O–H groups in total. The Morgan fingerprint density at radius 1 is 1.80 bits per heavy atom. The molecule has 1 amide bonds. The van der Waals surface area contributed by atoms with Gasteiger partial charge in [-0.15, -0.1) is 0 Å². The van der Waals surface area contributed by atoms with Crippen LogP contribution >= 0.6 is 11.8 Å². The number of nitrogens with one attached hydrogen (secondary N) is 1. The van der Waals surface area contributed by atoms with Gasteiger partial charge in [0.15, 0.2) is 0 Å². The summed E-state index contributed by atoms with van der Waals surface area (Å²) in [4.78, 5) is 14.4. The molecule has 0 atom stereocenters. The number of thioether (sulfide) groups is 1. The van der Waals surface area contributed by atoms with Crippen molar-refractivity contribution < 1.29 is 4.79 Å². The highest BCUT2D eigenvalue weighted by Crippen LogP contribution is 2.13. The molecule has 1 rings (SSSR count). The Kier molecular flexibility index (Phi) is 2.29. The van der Waals surface area contributed by atoms with Crippen LogP contribution < -0.4 is 5.43 Å². The normalized spacial score (nSPS) is 17.4. The zero-order valence-electron chi connectivity index (χ0n) is 5.92. The van der Waals surface area contributed by atoms with E-state index in [9.17, 15) is 4.79 Å². The van der Waals surface area contributed by atoms with Crippen LogP contribution in [0.1, 0.15) is 0 Å². The summed E-state index contributed by atoms with van der Waals surface area (Å²) in [6.07, 6.45) is 0. The molecule has 0 aromatic rings. The van der Waals surface area contributed by atoms with Gasteiger partial charge in [-0.2, -0.15) is 4.99 Å². The molecule has 0 fully saturated rings. The van der Waals surface area contributed by atoms with Gasteiger partial charge in [0.25, 0.3) is 0 Å². The number of nitrogens with zero attached hydrogens (tertiary/aromatic N) is 2. The second-order valence-electron chi connectivity index (χ2n) is 1.87. The molecule has 0 aliphatic carbocycles. The Hall–Kier alpha value is -0.550. The molecule has 0 unspecified atom stereocenters. The van der Waals surface area contributed by atoms with Gasteiger partial charge in [-0.05, 0) is 0 Å². The summed E-state index contributed by atoms with van der Waals surface area (Å²) in [5.41, 5.74) is 2.86. The van der Waals surface area contributed by atoms with Crippen molar-refractivity contribution in [2.45, 2.75) is 0 Å². The molecule has 0 radical (unpaired) electrons. The summed E-state index contributed by atoms with van der Waals surface area (Å²) >= 11 is 1.22. The van der Waals surface area contributed by atoms with E-state index in [1.807, 2.05) is 7.05 Å². The number of amidine groups is 1. The van der Waals surface area contributed by atoms with Crippen molar-refractivity contribution in [1.29, 1.82) is 0 Å². The summed E-state index contributed by atoms with van der Waals surface area (Å²) in [6.45, 7) is 0. The summed E-state index contributed by atoms with van der Waals surface area (Å²) in [7, 11) is 3.62. The van der Waals surface area contributed by atoms with Gasteiger partial charge in [-0.1, -0.05) is 11.8 Å². The van der Waals surface area contributed by atoms with Crippen LogP contribution in [0.2, 0.25) is 0 Å². The average Bonchev–Trinajstić information content (AvgIpc) is 2.34. The first-order valence-corrected chi connectivity index (χ1v) is 3.88. The first-order valence-electron chi connectivity index (χ1n) is 2.89. The predicted molar refractivity (Wildman–Crippen MR) is 42.1 cm³/mol. The standard InChI is InChI=1S/C5H9N3OS/c1-6-8(2)4-3-10-5(9)7-4/h6H,3H2,1-2H3. The van der Waals surface area contributed by atoms with Gasteiger partial charge in [-0.25, -0.2) is 5.43 Å². The zero-order valence-corrected chi connectivity index (χ0v) is 6.73. The second kappa shape index (κ2) is 3.03. The fourth-order valence-electron chi connectivity index (χ4n) is 0.597. The van der Waals surface area contributed by atoms with Crippen LogP contribution in [0.3, 0.4) is 0 Å². The van der Waals surface area contributed by atoms with Crippen molar-refractivity contribution in [3.8, 4) is 0 Å². The smallest absolute Gasteiger partial charge is 0.298 e. The van der Waals surface area contributed by atoms with Crippen molar-refractivity contribution in [1.82, 2.24) is 10.4 Å². The highest BCUT2D eigenvalue weighted by Gasteiger charge is 2.16. The first kappa shape index (κ1) is 7.56. The molecule has 0 spiro atoms. The Balaban J connectivity index is 2.57. The van der Waals surface area contributed by atoms with Gasteiger partial charge in [0.05, 0.1) is 5.75 Å². The number of rotatable bonds is 1. The van der Waals surface area contributed by atoms with Crippen LogP contribution in [0, 0.1) is 0 Å². The summed E-state index contributed by atoms with van der Waals surface area (Å²) < 4.78 is 0. The molecule has 5 heteroatoms. The first-order chi connectivity index (χ1) is 4.74. The van der Waals surface area contributed by atoms with Gasteiger partial charge >= 0.3 is 5.24 Å². The third-order valence-electron chi connectivity index (χ3n) is 1.27. The third kappa shape index (κ3) is 1.48. The van der Waals surface area contributed by atoms with E-state index in [-0.39, 0.29) is 5.24 Å². The van der Waals surface area contributed by atoms with Gasteiger partial charge in [0, 0.05) is 14.1 Å². The average molecular weight is 159 g/mol. The van der Waals surface area contributed by atoms with Gasteiger partial charge in [0.1, 0.15) is 5.84 Å². The Labute approximate surface area is 63.7 Å². The topological polar surface area (TPSA) is 44.7 Å². The minimum Gasteiger partial charge on any atom is -0.298 e. The molecule has 0 saturated heterocycles. The van der Waals surface area contributed by atoms with Crippen LogP contribution in [0.4, 0.5) is 4.79 Å². The van der Waals surface area contributed by atoms with Crippen molar-refractivity contribution in [2.75, 3.05) is 19.8 Å². The molecule has 0 bridgehead atoms. The lowest BCUT2D eigenvalue weighted by atomic mass is 10.6. The number of amides is 1. The predicted octanol–water partition coefficient (Wildman–Crippen LogP) is 0.318. The largest absolute Gasteiger partial charge is 0.307 e. The number of carbonyl (C=O) groups excluding carboxylic acids is 1. The van der Waals surface area contributed by atoms with Crippen molar-refractivity contribution in [3.63, 3.8) is 0 Å². The molecule has 1 heterocycles. The van der Waals surface area contributed by atoms with Gasteiger partial charge in [0.2, 0.25) is 0 Å². The van der Waals surface area contributed by atoms with E-state index < -0.39 is 0 Å². The van der Waals surface area contributed by atoms with Crippen LogP contribution in [0.5, 0.6) is 0 Å². The van der Waals surface area contributed by atoms with Gasteiger partial charge < -0.3 is 0 Å². The van der Waals surface area contributed by atoms with Crippen LogP contribution in [-0.4, -0.2) is 35.9 Å². The molecular formula is C5H9N3OS. The maximum absolute atomic E-state index is 10.6. The quantitative estimate of drug-likeness (QED) is 0.559. The Morgan fingerprint density at radius 2 is 2.50 bits per heavy atom. The molecule has 0 aromatic heterocycles. The highest BCUT2D eigenvalue weighted by molar-refractivity contribution is 8.14. The molecule has 1 aliphatic rings. The van der Waals surface area contributed by atoms with Crippen molar-refractivity contribution in [3.05, 3.63) is 0 Å². The molecule has 0 saturated carbocycles. The number of hydrazine groups is 1. The lowest BCUT2D eigenvalue weighted by Gasteiger charge is -2.15. The van der Waals surface area contributed by atoms with E-state index in [1.54, 1.807) is 12.1 Å². The molecule has 10 heavy (non-hydrogen) atoms. The molecule has 4 nitrogen and oxygen atoms in total. The highest BCUT2D eigenvalue weighted by atomic mass is 32.2. The summed E-state index contributed by atoms with van der Waals surface area (Å²) in [5, 5.41) is 1.63. The van der Waals surface area contributed by atoms with Crippen molar-refractivity contribution in [2.24, 2.45) is 4.99 Å². The fraction of sp³-hybridized carbons (Fsp3) is 0.600. The molecule has 0 aromatic carbocycles. The number of hydrogen-bond donors (Lipinski definition) is 1. The van der Waals surface area contributed by atoms with E-state index in [4.69, 9.17) is 0 Å². The number of carbonyl (C=O) groups is 1. The van der Waals surface area contributed by atoms with E-state index in [0.717, 1.165) is 5.84 Å². The minimum atomic E-state index is -0.0999. The Morgan fingerprint density at radius 3 is 2.90 bits per heavy atom. The van der Waals surface area contributed by atoms with Crippen molar-refractivity contribution >= 4 is 22.8 Å². The lowest BCUT2D eigenvalue weighted by Crippen LogP contribution is -2.37. The van der Waals surface area contributed by atoms with Crippen LogP contribution in [-0.2, 0) is 0 Å². The molecule has 1 aliphatic heterocycles. The minimum absolute atomic E-state index is 0.0999. The van der Waals surface area contributed by atoms with E-state index in [0.29, 0.717) is 5.75 Å².